The summed E-state index contributed by atoms with van der Waals surface area (Å²) in [5, 5.41) is 12.7. The van der Waals surface area contributed by atoms with E-state index in [1.54, 1.807) is 24.1 Å². The molecule has 2 atom stereocenters. The van der Waals surface area contributed by atoms with Gasteiger partial charge >= 0.3 is 6.09 Å². The van der Waals surface area contributed by atoms with Crippen LogP contribution in [-0.4, -0.2) is 55.4 Å². The van der Waals surface area contributed by atoms with Gasteiger partial charge in [0.1, 0.15) is 12.4 Å². The van der Waals surface area contributed by atoms with Gasteiger partial charge in [-0.3, -0.25) is 4.79 Å². The van der Waals surface area contributed by atoms with Crippen LogP contribution < -0.4 is 5.32 Å². The number of ether oxygens (including phenoxy) is 1. The largest absolute Gasteiger partial charge is 0.448 e. The van der Waals surface area contributed by atoms with E-state index in [1.807, 2.05) is 0 Å². The van der Waals surface area contributed by atoms with Crippen molar-refractivity contribution in [2.24, 2.45) is 11.8 Å². The van der Waals surface area contributed by atoms with E-state index in [0.717, 1.165) is 24.8 Å². The third kappa shape index (κ3) is 4.55. The lowest BCUT2D eigenvalue weighted by Crippen LogP contribution is -2.53. The standard InChI is InChI=1S/C22H31FN2O4/c1-24-21(28)29-11-10-25(2)20(27)14-22(15-6-8-18(23)9-7-15)16-4-3-5-17(22)13-19(26)12-16/h6-9,16-17,19,26H,3-5,10-14H2,1-2H3,(H,24,28). The number of aliphatic hydroxyl groups is 1. The van der Waals surface area contributed by atoms with Crippen molar-refractivity contribution in [3.8, 4) is 0 Å². The Balaban J connectivity index is 1.82. The molecule has 2 unspecified atom stereocenters. The van der Waals surface area contributed by atoms with E-state index < -0.39 is 11.5 Å². The number of nitrogens with zero attached hydrogens (tertiary/aromatic N) is 1. The second-order valence-corrected chi connectivity index (χ2v) is 8.38. The molecule has 0 aliphatic heterocycles. The first kappa shape index (κ1) is 21.6. The van der Waals surface area contributed by atoms with Crippen LogP contribution in [0.3, 0.4) is 0 Å². The van der Waals surface area contributed by atoms with E-state index >= 15 is 0 Å². The summed E-state index contributed by atoms with van der Waals surface area (Å²) in [7, 11) is 3.20. The normalized spacial score (nSPS) is 28.5. The van der Waals surface area contributed by atoms with Crippen molar-refractivity contribution in [1.29, 1.82) is 0 Å². The number of hydrogen-bond donors (Lipinski definition) is 2. The SMILES string of the molecule is CNC(=O)OCCN(C)C(=O)CC1(c2ccc(F)cc2)C2CCCC1CC(O)C2. The Morgan fingerprint density at radius 1 is 1.24 bits per heavy atom. The minimum absolute atomic E-state index is 0.0249. The number of fused-ring (bicyclic) bond motifs is 2. The zero-order valence-corrected chi connectivity index (χ0v) is 17.2. The summed E-state index contributed by atoms with van der Waals surface area (Å²) in [5.74, 6) is 0.0627. The van der Waals surface area contributed by atoms with Crippen molar-refractivity contribution >= 4 is 12.0 Å². The lowest BCUT2D eigenvalue weighted by atomic mass is 9.50. The highest BCUT2D eigenvalue weighted by Gasteiger charge is 2.53. The van der Waals surface area contributed by atoms with Gasteiger partial charge in [-0.1, -0.05) is 18.6 Å². The number of aliphatic hydroxyl groups excluding tert-OH is 1. The third-order valence-electron chi connectivity index (χ3n) is 6.79. The maximum atomic E-state index is 13.6. The summed E-state index contributed by atoms with van der Waals surface area (Å²) >= 11 is 0. The summed E-state index contributed by atoms with van der Waals surface area (Å²) in [4.78, 5) is 26.0. The number of likely N-dealkylation sites (N-methyl/N-ethyl adjacent to an activating group) is 1. The molecular weight excluding hydrogens is 375 g/mol. The lowest BCUT2D eigenvalue weighted by Gasteiger charge is -2.55. The van der Waals surface area contributed by atoms with Crippen LogP contribution in [0, 0.1) is 17.7 Å². The number of alkyl carbamates (subject to hydrolysis) is 1. The second kappa shape index (κ2) is 9.11. The highest BCUT2D eigenvalue weighted by Crippen LogP contribution is 2.56. The molecule has 0 aromatic heterocycles. The number of halogens is 1. The second-order valence-electron chi connectivity index (χ2n) is 8.38. The van der Waals surface area contributed by atoms with Crippen molar-refractivity contribution in [1.82, 2.24) is 10.2 Å². The van der Waals surface area contributed by atoms with E-state index in [-0.39, 0.29) is 36.3 Å². The predicted octanol–water partition coefficient (Wildman–Crippen LogP) is 2.84. The Kier molecular flexibility index (Phi) is 6.77. The molecule has 1 aromatic rings. The summed E-state index contributed by atoms with van der Waals surface area (Å²) in [6.07, 6.45) is 3.81. The van der Waals surface area contributed by atoms with Gasteiger partial charge in [0.05, 0.1) is 12.6 Å². The number of carbonyl (C=O) groups is 2. The molecule has 0 heterocycles. The molecule has 3 rings (SSSR count). The fourth-order valence-corrected chi connectivity index (χ4v) is 5.35. The van der Waals surface area contributed by atoms with Gasteiger partial charge in [0.2, 0.25) is 5.91 Å². The average molecular weight is 406 g/mol. The molecular formula is C22H31FN2O4. The first-order chi connectivity index (χ1) is 13.9. The first-order valence-electron chi connectivity index (χ1n) is 10.4. The average Bonchev–Trinajstić information content (AvgIpc) is 2.68. The number of hydrogen-bond acceptors (Lipinski definition) is 4. The van der Waals surface area contributed by atoms with Gasteiger partial charge in [-0.25, -0.2) is 9.18 Å². The monoisotopic (exact) mass is 406 g/mol. The number of benzene rings is 1. The third-order valence-corrected chi connectivity index (χ3v) is 6.79. The topological polar surface area (TPSA) is 78.9 Å². The summed E-state index contributed by atoms with van der Waals surface area (Å²) in [6, 6.07) is 6.53. The van der Waals surface area contributed by atoms with E-state index in [4.69, 9.17) is 4.74 Å². The molecule has 160 valence electrons. The van der Waals surface area contributed by atoms with E-state index in [1.165, 1.54) is 19.2 Å². The van der Waals surface area contributed by atoms with E-state index in [2.05, 4.69) is 5.32 Å². The minimum atomic E-state index is -0.524. The van der Waals surface area contributed by atoms with Crippen LogP contribution in [0.15, 0.2) is 24.3 Å². The Morgan fingerprint density at radius 3 is 2.45 bits per heavy atom. The molecule has 2 aliphatic rings. The van der Waals surface area contributed by atoms with Crippen LogP contribution in [0.4, 0.5) is 9.18 Å². The van der Waals surface area contributed by atoms with Gasteiger partial charge in [-0.2, -0.15) is 0 Å². The molecule has 6 nitrogen and oxygen atoms in total. The molecule has 0 spiro atoms. The van der Waals surface area contributed by atoms with Crippen molar-refractivity contribution in [3.05, 3.63) is 35.6 Å². The molecule has 0 saturated heterocycles. The van der Waals surface area contributed by atoms with E-state index in [9.17, 15) is 19.1 Å². The first-order valence-corrected chi connectivity index (χ1v) is 10.4. The minimum Gasteiger partial charge on any atom is -0.448 e. The maximum Gasteiger partial charge on any atom is 0.406 e. The highest BCUT2D eigenvalue weighted by molar-refractivity contribution is 5.78. The molecule has 0 radical (unpaired) electrons. The summed E-state index contributed by atoms with van der Waals surface area (Å²) < 4.78 is 18.6. The molecule has 2 aliphatic carbocycles. The Labute approximate surface area is 171 Å². The van der Waals surface area contributed by atoms with Crippen molar-refractivity contribution < 1.29 is 23.8 Å². The molecule has 7 heteroatoms. The highest BCUT2D eigenvalue weighted by atomic mass is 19.1. The van der Waals surface area contributed by atoms with Gasteiger partial charge in [-0.15, -0.1) is 0 Å². The van der Waals surface area contributed by atoms with Crippen LogP contribution in [0.1, 0.15) is 44.1 Å². The zero-order chi connectivity index (χ0) is 21.0. The molecule has 2 fully saturated rings. The van der Waals surface area contributed by atoms with Gasteiger partial charge in [-0.05, 0) is 55.2 Å². The zero-order valence-electron chi connectivity index (χ0n) is 17.2. The van der Waals surface area contributed by atoms with Crippen LogP contribution in [0.5, 0.6) is 0 Å². The molecule has 2 bridgehead atoms. The Bertz CT molecular complexity index is 710. The van der Waals surface area contributed by atoms with Crippen molar-refractivity contribution in [3.63, 3.8) is 0 Å². The van der Waals surface area contributed by atoms with Crippen LogP contribution in [0.2, 0.25) is 0 Å². The van der Waals surface area contributed by atoms with Gasteiger partial charge < -0.3 is 20.1 Å². The van der Waals surface area contributed by atoms with Crippen LogP contribution in [-0.2, 0) is 14.9 Å². The molecule has 1 aromatic carbocycles. The quantitative estimate of drug-likeness (QED) is 0.762. The van der Waals surface area contributed by atoms with Gasteiger partial charge in [0.25, 0.3) is 0 Å². The number of nitrogens with one attached hydrogen (secondary N) is 1. The van der Waals surface area contributed by atoms with Crippen LogP contribution in [0.25, 0.3) is 0 Å². The smallest absolute Gasteiger partial charge is 0.406 e. The molecule has 2 amide bonds. The number of rotatable bonds is 6. The maximum absolute atomic E-state index is 13.6. The fourth-order valence-electron chi connectivity index (χ4n) is 5.35. The fraction of sp³-hybridized carbons (Fsp3) is 0.636. The van der Waals surface area contributed by atoms with Crippen LogP contribution >= 0.6 is 0 Å². The van der Waals surface area contributed by atoms with Crippen molar-refractivity contribution in [2.75, 3.05) is 27.2 Å². The number of amides is 2. The summed E-state index contributed by atoms with van der Waals surface area (Å²) in [6.45, 7) is 0.431. The Morgan fingerprint density at radius 2 is 1.86 bits per heavy atom. The van der Waals surface area contributed by atoms with Gasteiger partial charge in [0, 0.05) is 25.9 Å². The molecule has 2 N–H and O–H groups in total. The molecule has 29 heavy (non-hydrogen) atoms. The summed E-state index contributed by atoms with van der Waals surface area (Å²) in [5.41, 5.74) is 0.599. The molecule has 2 saturated carbocycles. The van der Waals surface area contributed by atoms with Crippen molar-refractivity contribution in [2.45, 2.75) is 50.0 Å². The Hall–Kier alpha value is -2.15. The predicted molar refractivity (Wildman–Crippen MR) is 107 cm³/mol. The lowest BCUT2D eigenvalue weighted by molar-refractivity contribution is -0.135. The van der Waals surface area contributed by atoms with E-state index in [0.29, 0.717) is 25.8 Å². The number of carbonyl (C=O) groups excluding carboxylic acids is 2. The van der Waals surface area contributed by atoms with Gasteiger partial charge in [0.15, 0.2) is 0 Å².